The predicted molar refractivity (Wildman–Crippen MR) is 256 cm³/mol. The fraction of sp³-hybridized carbons (Fsp3) is 0.0333. The third-order valence-electron chi connectivity index (χ3n) is 23.0. The van der Waals surface area contributed by atoms with Crippen molar-refractivity contribution >= 4 is 291 Å². The van der Waals surface area contributed by atoms with Crippen molar-refractivity contribution < 1.29 is 0 Å². The maximum Gasteiger partial charge on any atom is 0.0225 e. The summed E-state index contributed by atoms with van der Waals surface area (Å²) in [7, 11) is 0. The van der Waals surface area contributed by atoms with Crippen LogP contribution in [0.15, 0.2) is 0 Å². The molecule has 0 heterocycles. The summed E-state index contributed by atoms with van der Waals surface area (Å²) in [6.07, 6.45) is 0. The van der Waals surface area contributed by atoms with E-state index in [-0.39, 0.29) is 0 Å². The highest BCUT2D eigenvalue weighted by Crippen LogP contribution is 2.82. The molecule has 0 heteroatoms. The minimum Gasteiger partial charge on any atom is -0.0224 e. The minimum absolute atomic E-state index is 0.426. The summed E-state index contributed by atoms with van der Waals surface area (Å²) in [6.45, 7) is 0. The van der Waals surface area contributed by atoms with Gasteiger partial charge in [0.15, 0.2) is 0 Å². The van der Waals surface area contributed by atoms with Gasteiger partial charge in [-0.15, -0.1) is 0 Å². The second kappa shape index (κ2) is 4.41. The van der Waals surface area contributed by atoms with Crippen LogP contribution in [0.2, 0.25) is 0 Å². The molecular formula is C60H2. The molecule has 4 aliphatic carbocycles. The van der Waals surface area contributed by atoms with Crippen molar-refractivity contribution in [2.75, 3.05) is 0 Å². The Morgan fingerprint density at radius 3 is 0.233 bits per heavy atom. The zero-order valence-corrected chi connectivity index (χ0v) is 30.2. The normalized spacial score (nSPS) is 21.0. The minimum atomic E-state index is 0.426. The van der Waals surface area contributed by atoms with Gasteiger partial charge in [0, 0.05) is 11.8 Å². The first-order chi connectivity index (χ1) is 30.0. The second-order valence-corrected chi connectivity index (χ2v) is 22.9. The SMILES string of the molecule is c12c3c4c5c6c7c8c9c%10c(c%11c1c1c%12c3c3c4c4c6c6c%13c7c7c9c9c%10c%10c%11c%11c1c1c%12c%12c3c3c4c6c4c6c%13c7c7c9c9c%10c%11c%10c1c1c%12c3c4c3c6c7c9c%10c13)C2C58. The van der Waals surface area contributed by atoms with Gasteiger partial charge in [-0.05, 0) is 313 Å². The van der Waals surface area contributed by atoms with E-state index in [1.54, 1.807) is 313 Å². The zero-order valence-electron chi connectivity index (χ0n) is 30.2. The average molecular weight is 723 g/mol. The Kier molecular flexibility index (Phi) is 1.50. The van der Waals surface area contributed by atoms with Crippen LogP contribution in [-0.2, 0) is 0 Å². The molecule has 0 amide bonds. The topological polar surface area (TPSA) is 0 Å². The first-order valence-electron chi connectivity index (χ1n) is 22.7. The Hall–Kier alpha value is -7.54. The fourth-order valence-corrected chi connectivity index (χ4v) is 23.1. The van der Waals surface area contributed by atoms with Gasteiger partial charge in [-0.1, -0.05) is 0 Å². The Labute approximate surface area is 323 Å². The molecule has 0 fully saturated rings. The van der Waals surface area contributed by atoms with Gasteiger partial charge in [0.25, 0.3) is 0 Å². The standard InChI is InChI=1S/C60H2/c1-2-5-6-3(1)8-12-10-4(1)9-11-7(2)17-21-13(5)23-24-14(6)22-18(8)28-20(12)30-26-16(10)15(9)25-29-19(11)27(17)37-41-31(21)33(23)43-44-34(24)32(22)42-38(28)48-40(30)46-36(26)35(25)45-39(29)47(37)55-49(41)51(43)57-52(44)50(42)56(48)59-54(46)53(45)58(55)60(57)59/h1,4H. The van der Waals surface area contributed by atoms with E-state index in [9.17, 15) is 0 Å². The molecule has 28 aromatic carbocycles. The van der Waals surface area contributed by atoms with Crippen molar-refractivity contribution in [3.8, 4) is 0 Å². The first-order valence-corrected chi connectivity index (χ1v) is 22.7. The van der Waals surface area contributed by atoms with Crippen molar-refractivity contribution in [2.45, 2.75) is 11.8 Å². The molecule has 32 rings (SSSR count). The molecule has 60 heavy (non-hydrogen) atoms. The molecular weight excluding hydrogens is 721 g/mol. The molecule has 0 radical (unpaired) electrons. The third kappa shape index (κ3) is 0.994. The van der Waals surface area contributed by atoms with Gasteiger partial charge in [0.05, 0.1) is 0 Å². The number of rotatable bonds is 0. The smallest absolute Gasteiger partial charge is 0.0224 e. The lowest BCUT2D eigenvalue weighted by Crippen LogP contribution is -2.17. The molecule has 0 saturated carbocycles. The van der Waals surface area contributed by atoms with Crippen LogP contribution in [0.3, 0.4) is 0 Å². The first kappa shape index (κ1) is 20.4. The Bertz CT molecular complexity index is 6160. The summed E-state index contributed by atoms with van der Waals surface area (Å²) < 4.78 is 0. The third-order valence-corrected chi connectivity index (χ3v) is 23.0. The van der Waals surface area contributed by atoms with E-state index in [0.717, 1.165) is 0 Å². The maximum absolute atomic E-state index is 1.79. The van der Waals surface area contributed by atoms with Gasteiger partial charge in [0.2, 0.25) is 0 Å². The van der Waals surface area contributed by atoms with E-state index in [4.69, 9.17) is 0 Å². The van der Waals surface area contributed by atoms with E-state index in [1.165, 1.54) is 0 Å². The van der Waals surface area contributed by atoms with Crippen molar-refractivity contribution in [3.63, 3.8) is 0 Å². The van der Waals surface area contributed by atoms with E-state index < -0.39 is 0 Å². The van der Waals surface area contributed by atoms with E-state index in [2.05, 4.69) is 0 Å². The Morgan fingerprint density at radius 2 is 0.150 bits per heavy atom. The van der Waals surface area contributed by atoms with Crippen LogP contribution in [0.1, 0.15) is 34.1 Å². The molecule has 4 aliphatic rings. The van der Waals surface area contributed by atoms with Crippen LogP contribution >= 0.6 is 0 Å². The summed E-state index contributed by atoms with van der Waals surface area (Å²) in [5.74, 6) is 0.853. The van der Waals surface area contributed by atoms with Gasteiger partial charge < -0.3 is 0 Å². The Balaban J connectivity index is 1.34. The highest BCUT2D eigenvalue weighted by atomic mass is 14.6. The number of hydrogen-bond acceptors (Lipinski definition) is 0. The second-order valence-electron chi connectivity index (χ2n) is 22.9. The van der Waals surface area contributed by atoms with Crippen LogP contribution in [0.5, 0.6) is 0 Å². The molecule has 0 aliphatic heterocycles. The summed E-state index contributed by atoms with van der Waals surface area (Å²) in [5.41, 5.74) is 7.15. The maximum atomic E-state index is 1.79. The van der Waals surface area contributed by atoms with Crippen molar-refractivity contribution in [1.82, 2.24) is 0 Å². The number of hydrogen-bond donors (Lipinski definition) is 0. The molecule has 0 nitrogen and oxygen atoms in total. The van der Waals surface area contributed by atoms with Crippen molar-refractivity contribution in [2.24, 2.45) is 0 Å². The lowest BCUT2D eigenvalue weighted by molar-refractivity contribution is 0.735. The summed E-state index contributed by atoms with van der Waals surface area (Å²) in [6, 6.07) is 0. The van der Waals surface area contributed by atoms with Gasteiger partial charge >= 0.3 is 0 Å². The summed E-state index contributed by atoms with van der Waals surface area (Å²) in [4.78, 5) is 0. The van der Waals surface area contributed by atoms with E-state index >= 15 is 0 Å². The quantitative estimate of drug-likeness (QED) is 0.137. The number of benzene rings is 18. The van der Waals surface area contributed by atoms with Gasteiger partial charge in [-0.2, -0.15) is 0 Å². The molecule has 0 bridgehead atoms. The van der Waals surface area contributed by atoms with Crippen LogP contribution in [0.4, 0.5) is 0 Å². The lowest BCUT2D eigenvalue weighted by atomic mass is 9.68. The molecule has 28 aromatic rings. The summed E-state index contributed by atoms with van der Waals surface area (Å²) in [5, 5.41) is 91.3. The predicted octanol–water partition coefficient (Wildman–Crippen LogP) is 17.0. The van der Waals surface area contributed by atoms with Crippen LogP contribution in [0.25, 0.3) is 291 Å². The van der Waals surface area contributed by atoms with E-state index in [0.29, 0.717) is 11.8 Å². The fourth-order valence-electron chi connectivity index (χ4n) is 23.1. The lowest BCUT2D eigenvalue weighted by Gasteiger charge is -2.33. The van der Waals surface area contributed by atoms with Gasteiger partial charge in [0.1, 0.15) is 0 Å². The summed E-state index contributed by atoms with van der Waals surface area (Å²) >= 11 is 0. The molecule has 242 valence electrons. The van der Waals surface area contributed by atoms with Crippen LogP contribution < -0.4 is 0 Å². The molecule has 0 saturated heterocycles. The average Bonchev–Trinajstić information content (AvgIpc) is 4.09. The molecule has 0 aromatic heterocycles. The van der Waals surface area contributed by atoms with Crippen LogP contribution in [-0.4, -0.2) is 0 Å². The molecule has 0 N–H and O–H groups in total. The Morgan fingerprint density at radius 1 is 0.0833 bits per heavy atom. The molecule has 0 spiro atoms. The van der Waals surface area contributed by atoms with Crippen molar-refractivity contribution in [3.05, 3.63) is 22.3 Å². The zero-order chi connectivity index (χ0) is 34.6. The van der Waals surface area contributed by atoms with Gasteiger partial charge in [-0.25, -0.2) is 0 Å². The van der Waals surface area contributed by atoms with E-state index in [1.807, 2.05) is 0 Å². The monoisotopic (exact) mass is 722 g/mol. The largest absolute Gasteiger partial charge is 0.0225 e. The molecule has 0 unspecified atom stereocenters. The van der Waals surface area contributed by atoms with Gasteiger partial charge in [-0.3, -0.25) is 0 Å². The molecule has 0 atom stereocenters. The van der Waals surface area contributed by atoms with Crippen LogP contribution in [0, 0.1) is 0 Å². The highest BCUT2D eigenvalue weighted by molar-refractivity contribution is 6.82. The highest BCUT2D eigenvalue weighted by Gasteiger charge is 2.57. The van der Waals surface area contributed by atoms with Crippen molar-refractivity contribution in [1.29, 1.82) is 0 Å².